The van der Waals surface area contributed by atoms with Crippen LogP contribution >= 0.6 is 27.3 Å². The number of phenolic OH excluding ortho intramolecular Hbond substituents is 1. The minimum Gasteiger partial charge on any atom is -0.508 e. The normalized spacial score (nSPS) is 16.1. The van der Waals surface area contributed by atoms with Crippen molar-refractivity contribution in [3.8, 4) is 5.75 Å². The van der Waals surface area contributed by atoms with Crippen molar-refractivity contribution in [2.75, 3.05) is 6.61 Å². The summed E-state index contributed by atoms with van der Waals surface area (Å²) in [7, 11) is 0. The summed E-state index contributed by atoms with van der Waals surface area (Å²) in [5, 5.41) is 9.50. The maximum atomic E-state index is 13.4. The van der Waals surface area contributed by atoms with Gasteiger partial charge in [-0.25, -0.2) is 9.79 Å². The summed E-state index contributed by atoms with van der Waals surface area (Å²) in [4.78, 5) is 31.3. The highest BCUT2D eigenvalue weighted by molar-refractivity contribution is 9.10. The molecule has 0 bridgehead atoms. The first kappa shape index (κ1) is 21.3. The summed E-state index contributed by atoms with van der Waals surface area (Å²) < 4.78 is 8.23. The number of ether oxygens (including phenoxy) is 1. The number of carbonyl (C=O) groups is 1. The molecule has 0 amide bonds. The lowest BCUT2D eigenvalue weighted by Crippen LogP contribution is -2.39. The van der Waals surface area contributed by atoms with E-state index in [0.717, 1.165) is 15.6 Å². The van der Waals surface area contributed by atoms with Crippen LogP contribution in [-0.2, 0) is 9.53 Å². The van der Waals surface area contributed by atoms with E-state index in [1.165, 1.54) is 11.3 Å². The first-order valence-corrected chi connectivity index (χ1v) is 11.2. The minimum atomic E-state index is -0.634. The standard InChI is InChI=1S/C23H19BrN2O4S/c1-3-30-22(29)19-13(2)25-23-26(20(19)15-6-8-16(24)9-7-15)21(28)18(31-23)12-14-4-10-17(27)11-5-14/h4-12,20,27H,3H2,1-2H3. The molecule has 2 heterocycles. The molecule has 0 saturated heterocycles. The van der Waals surface area contributed by atoms with Gasteiger partial charge in [0.15, 0.2) is 4.80 Å². The van der Waals surface area contributed by atoms with Crippen LogP contribution < -0.4 is 14.9 Å². The van der Waals surface area contributed by atoms with Crippen molar-refractivity contribution < 1.29 is 14.6 Å². The van der Waals surface area contributed by atoms with Crippen molar-refractivity contribution in [2.45, 2.75) is 19.9 Å². The lowest BCUT2D eigenvalue weighted by molar-refractivity contribution is -0.139. The van der Waals surface area contributed by atoms with Crippen LogP contribution in [0.4, 0.5) is 0 Å². The highest BCUT2D eigenvalue weighted by Crippen LogP contribution is 2.31. The monoisotopic (exact) mass is 498 g/mol. The zero-order valence-electron chi connectivity index (χ0n) is 16.8. The van der Waals surface area contributed by atoms with E-state index in [0.29, 0.717) is 20.6 Å². The van der Waals surface area contributed by atoms with Crippen LogP contribution in [0.25, 0.3) is 6.08 Å². The predicted molar refractivity (Wildman–Crippen MR) is 123 cm³/mol. The van der Waals surface area contributed by atoms with Crippen molar-refractivity contribution in [1.82, 2.24) is 4.57 Å². The maximum absolute atomic E-state index is 13.4. The van der Waals surface area contributed by atoms with Crippen molar-refractivity contribution in [1.29, 1.82) is 0 Å². The average molecular weight is 499 g/mol. The number of carbonyl (C=O) groups excluding carboxylic acids is 1. The second kappa shape index (κ2) is 8.64. The van der Waals surface area contributed by atoms with Gasteiger partial charge in [0.05, 0.1) is 28.5 Å². The number of aromatic hydroxyl groups is 1. The summed E-state index contributed by atoms with van der Waals surface area (Å²) in [5.74, 6) is -0.326. The van der Waals surface area contributed by atoms with E-state index in [2.05, 4.69) is 20.9 Å². The fourth-order valence-corrected chi connectivity index (χ4v) is 4.78. The SMILES string of the molecule is CCOC(=O)C1=C(C)N=c2sc(=Cc3ccc(O)cc3)c(=O)n2C1c1ccc(Br)cc1. The first-order chi connectivity index (χ1) is 14.9. The smallest absolute Gasteiger partial charge is 0.338 e. The second-order valence-corrected chi connectivity index (χ2v) is 8.87. The molecule has 6 nitrogen and oxygen atoms in total. The topological polar surface area (TPSA) is 80.9 Å². The van der Waals surface area contributed by atoms with Crippen LogP contribution in [0, 0.1) is 0 Å². The minimum absolute atomic E-state index is 0.156. The number of nitrogens with zero attached hydrogens (tertiary/aromatic N) is 2. The Morgan fingerprint density at radius 3 is 2.55 bits per heavy atom. The zero-order chi connectivity index (χ0) is 22.1. The maximum Gasteiger partial charge on any atom is 0.338 e. The number of fused-ring (bicyclic) bond motifs is 1. The van der Waals surface area contributed by atoms with Crippen molar-refractivity contribution in [2.24, 2.45) is 4.99 Å². The molecule has 1 aromatic heterocycles. The Morgan fingerprint density at radius 2 is 1.90 bits per heavy atom. The van der Waals surface area contributed by atoms with E-state index in [4.69, 9.17) is 4.74 Å². The third-order valence-electron chi connectivity index (χ3n) is 4.89. The van der Waals surface area contributed by atoms with Gasteiger partial charge in [0.25, 0.3) is 5.56 Å². The van der Waals surface area contributed by atoms with Gasteiger partial charge in [-0.1, -0.05) is 51.5 Å². The summed E-state index contributed by atoms with van der Waals surface area (Å²) in [6, 6.07) is 13.5. The van der Waals surface area contributed by atoms with Gasteiger partial charge in [-0.05, 0) is 55.3 Å². The summed E-state index contributed by atoms with van der Waals surface area (Å²) in [5.41, 5.74) is 2.22. The number of benzene rings is 2. The Balaban J connectivity index is 1.94. The van der Waals surface area contributed by atoms with Crippen LogP contribution in [0.1, 0.15) is 31.0 Å². The van der Waals surface area contributed by atoms with Crippen LogP contribution in [0.2, 0.25) is 0 Å². The number of halogens is 1. The molecule has 1 N–H and O–H groups in total. The van der Waals surface area contributed by atoms with E-state index in [-0.39, 0.29) is 17.9 Å². The van der Waals surface area contributed by atoms with Gasteiger partial charge in [0, 0.05) is 4.47 Å². The largest absolute Gasteiger partial charge is 0.508 e. The number of hydrogen-bond donors (Lipinski definition) is 1. The summed E-state index contributed by atoms with van der Waals surface area (Å²) in [6.45, 7) is 3.73. The Kier molecular flexibility index (Phi) is 5.93. The molecule has 8 heteroatoms. The number of rotatable bonds is 4. The van der Waals surface area contributed by atoms with Gasteiger partial charge in [-0.3, -0.25) is 9.36 Å². The molecule has 158 valence electrons. The molecule has 2 aromatic carbocycles. The van der Waals surface area contributed by atoms with Crippen LogP contribution in [0.15, 0.2) is 74.1 Å². The van der Waals surface area contributed by atoms with Crippen molar-refractivity contribution >= 4 is 39.3 Å². The molecule has 0 saturated carbocycles. The van der Waals surface area contributed by atoms with Gasteiger partial charge < -0.3 is 9.84 Å². The quantitative estimate of drug-likeness (QED) is 0.559. The molecule has 0 aliphatic carbocycles. The lowest BCUT2D eigenvalue weighted by atomic mass is 9.96. The number of phenols is 1. The Hall–Kier alpha value is -2.97. The van der Waals surface area contributed by atoms with Gasteiger partial charge in [-0.2, -0.15) is 0 Å². The second-order valence-electron chi connectivity index (χ2n) is 6.95. The Labute approximate surface area is 190 Å². The average Bonchev–Trinajstić information content (AvgIpc) is 3.04. The van der Waals surface area contributed by atoms with E-state index in [1.54, 1.807) is 48.8 Å². The summed E-state index contributed by atoms with van der Waals surface area (Å²) in [6.07, 6.45) is 1.76. The molecule has 1 aliphatic rings. The van der Waals surface area contributed by atoms with Gasteiger partial charge >= 0.3 is 5.97 Å². The number of hydrogen-bond acceptors (Lipinski definition) is 6. The molecule has 3 aromatic rings. The molecular weight excluding hydrogens is 480 g/mol. The molecule has 31 heavy (non-hydrogen) atoms. The predicted octanol–water partition coefficient (Wildman–Crippen LogP) is 3.27. The van der Waals surface area contributed by atoms with Crippen molar-refractivity contribution in [3.63, 3.8) is 0 Å². The number of allylic oxidation sites excluding steroid dienone is 1. The number of thiazole rings is 1. The van der Waals surface area contributed by atoms with E-state index < -0.39 is 12.0 Å². The van der Waals surface area contributed by atoms with Crippen LogP contribution in [0.5, 0.6) is 5.75 Å². The molecule has 1 aliphatic heterocycles. The van der Waals surface area contributed by atoms with E-state index >= 15 is 0 Å². The van der Waals surface area contributed by atoms with Crippen LogP contribution in [0.3, 0.4) is 0 Å². The molecule has 1 atom stereocenters. The number of aromatic nitrogens is 1. The fraction of sp³-hybridized carbons (Fsp3) is 0.174. The zero-order valence-corrected chi connectivity index (χ0v) is 19.2. The molecule has 0 spiro atoms. The Morgan fingerprint density at radius 1 is 1.23 bits per heavy atom. The van der Waals surface area contributed by atoms with E-state index in [1.807, 2.05) is 24.3 Å². The highest BCUT2D eigenvalue weighted by Gasteiger charge is 2.33. The fourth-order valence-electron chi connectivity index (χ4n) is 3.47. The first-order valence-electron chi connectivity index (χ1n) is 9.63. The van der Waals surface area contributed by atoms with Crippen molar-refractivity contribution in [3.05, 3.63) is 95.1 Å². The highest BCUT2D eigenvalue weighted by atomic mass is 79.9. The summed E-state index contributed by atoms with van der Waals surface area (Å²) >= 11 is 4.69. The molecule has 4 rings (SSSR count). The molecule has 1 unspecified atom stereocenters. The third kappa shape index (κ3) is 4.13. The number of esters is 1. The van der Waals surface area contributed by atoms with E-state index in [9.17, 15) is 14.7 Å². The molecule has 0 radical (unpaired) electrons. The van der Waals surface area contributed by atoms with Gasteiger partial charge in [0.2, 0.25) is 0 Å². The lowest BCUT2D eigenvalue weighted by Gasteiger charge is -2.24. The van der Waals surface area contributed by atoms with Gasteiger partial charge in [0.1, 0.15) is 5.75 Å². The van der Waals surface area contributed by atoms with Gasteiger partial charge in [-0.15, -0.1) is 0 Å². The Bertz CT molecular complexity index is 1350. The molecular formula is C23H19BrN2O4S. The third-order valence-corrected chi connectivity index (χ3v) is 6.41. The van der Waals surface area contributed by atoms with Crippen LogP contribution in [-0.4, -0.2) is 22.2 Å². The molecule has 0 fully saturated rings.